The van der Waals surface area contributed by atoms with Crippen LogP contribution in [-0.4, -0.2) is 17.9 Å². The Morgan fingerprint density at radius 3 is 2.75 bits per heavy atom. The lowest BCUT2D eigenvalue weighted by Crippen LogP contribution is -2.11. The zero-order chi connectivity index (χ0) is 14.6. The molecule has 1 heterocycles. The van der Waals surface area contributed by atoms with Gasteiger partial charge in [-0.05, 0) is 18.2 Å². The first-order valence-corrected chi connectivity index (χ1v) is 5.34. The van der Waals surface area contributed by atoms with Crippen molar-refractivity contribution in [3.63, 3.8) is 0 Å². The molecule has 0 bridgehead atoms. The van der Waals surface area contributed by atoms with Gasteiger partial charge in [0.2, 0.25) is 6.79 Å². The summed E-state index contributed by atoms with van der Waals surface area (Å²) >= 11 is 0. The summed E-state index contributed by atoms with van der Waals surface area (Å²) in [6.45, 7) is -0.535. The SMILES string of the molecule is O=C(OCOc1cccc(C(F)(F)F)c1)c1ccon1. The van der Waals surface area contributed by atoms with E-state index in [1.165, 1.54) is 24.5 Å². The van der Waals surface area contributed by atoms with E-state index in [9.17, 15) is 18.0 Å². The number of esters is 1. The van der Waals surface area contributed by atoms with E-state index in [0.29, 0.717) is 0 Å². The summed E-state index contributed by atoms with van der Waals surface area (Å²) in [5.74, 6) is -0.862. The predicted octanol–water partition coefficient (Wildman–Crippen LogP) is 2.89. The van der Waals surface area contributed by atoms with Crippen molar-refractivity contribution in [2.75, 3.05) is 6.79 Å². The lowest BCUT2D eigenvalue weighted by molar-refractivity contribution is -0.137. The normalized spacial score (nSPS) is 11.2. The van der Waals surface area contributed by atoms with E-state index in [0.717, 1.165) is 12.1 Å². The highest BCUT2D eigenvalue weighted by atomic mass is 19.4. The molecule has 0 aliphatic carbocycles. The van der Waals surface area contributed by atoms with Crippen molar-refractivity contribution in [2.45, 2.75) is 6.18 Å². The topological polar surface area (TPSA) is 61.6 Å². The second kappa shape index (κ2) is 5.64. The van der Waals surface area contributed by atoms with Crippen LogP contribution in [0.1, 0.15) is 16.1 Å². The molecule has 0 atom stereocenters. The molecular formula is C12H8F3NO4. The number of ether oxygens (including phenoxy) is 2. The van der Waals surface area contributed by atoms with E-state index < -0.39 is 24.5 Å². The number of hydrogen-bond acceptors (Lipinski definition) is 5. The Balaban J connectivity index is 1.90. The molecule has 0 fully saturated rings. The summed E-state index contributed by atoms with van der Waals surface area (Å²) < 4.78 is 51.3. The Morgan fingerprint density at radius 2 is 2.10 bits per heavy atom. The monoisotopic (exact) mass is 287 g/mol. The van der Waals surface area contributed by atoms with Gasteiger partial charge < -0.3 is 14.0 Å². The van der Waals surface area contributed by atoms with E-state index in [4.69, 9.17) is 4.74 Å². The molecule has 1 aromatic heterocycles. The summed E-state index contributed by atoms with van der Waals surface area (Å²) in [4.78, 5) is 11.3. The molecule has 106 valence electrons. The molecule has 0 radical (unpaired) electrons. The molecule has 0 unspecified atom stereocenters. The number of carbonyl (C=O) groups excluding carboxylic acids is 1. The van der Waals surface area contributed by atoms with Crippen LogP contribution in [0, 0.1) is 0 Å². The van der Waals surface area contributed by atoms with E-state index in [1.807, 2.05) is 0 Å². The molecule has 0 amide bonds. The zero-order valence-electron chi connectivity index (χ0n) is 9.89. The fraction of sp³-hybridized carbons (Fsp3) is 0.167. The van der Waals surface area contributed by atoms with Gasteiger partial charge in [0.05, 0.1) is 5.56 Å². The quantitative estimate of drug-likeness (QED) is 0.639. The van der Waals surface area contributed by atoms with Crippen molar-refractivity contribution in [3.05, 3.63) is 47.9 Å². The van der Waals surface area contributed by atoms with Gasteiger partial charge in [0.1, 0.15) is 12.0 Å². The van der Waals surface area contributed by atoms with Gasteiger partial charge in [0.15, 0.2) is 5.69 Å². The van der Waals surface area contributed by atoms with Gasteiger partial charge in [-0.1, -0.05) is 11.2 Å². The summed E-state index contributed by atoms with van der Waals surface area (Å²) in [6.07, 6.45) is -3.28. The van der Waals surface area contributed by atoms with Crippen LogP contribution < -0.4 is 4.74 Å². The molecule has 2 aromatic rings. The molecule has 0 aliphatic rings. The van der Waals surface area contributed by atoms with Gasteiger partial charge in [-0.25, -0.2) is 4.79 Å². The molecule has 8 heteroatoms. The Bertz CT molecular complexity index is 581. The van der Waals surface area contributed by atoms with Crippen LogP contribution >= 0.6 is 0 Å². The molecule has 1 aromatic carbocycles. The summed E-state index contributed by atoms with van der Waals surface area (Å²) in [7, 11) is 0. The van der Waals surface area contributed by atoms with Gasteiger partial charge in [-0.15, -0.1) is 0 Å². The van der Waals surface area contributed by atoms with Crippen LogP contribution in [0.4, 0.5) is 13.2 Å². The number of rotatable bonds is 4. The van der Waals surface area contributed by atoms with Gasteiger partial charge in [-0.2, -0.15) is 13.2 Å². The Labute approximate surface area is 110 Å². The second-order valence-electron chi connectivity index (χ2n) is 3.60. The van der Waals surface area contributed by atoms with Gasteiger partial charge in [-0.3, -0.25) is 0 Å². The van der Waals surface area contributed by atoms with E-state index in [1.54, 1.807) is 0 Å². The van der Waals surface area contributed by atoms with Crippen molar-refractivity contribution < 1.29 is 32.0 Å². The summed E-state index contributed by atoms with van der Waals surface area (Å²) in [5.41, 5.74) is -0.907. The van der Waals surface area contributed by atoms with Crippen LogP contribution in [0.15, 0.2) is 41.1 Å². The zero-order valence-corrected chi connectivity index (χ0v) is 9.89. The standard InChI is InChI=1S/C12H8F3NO4/c13-12(14,15)8-2-1-3-9(6-8)18-7-19-11(17)10-4-5-20-16-10/h1-6H,7H2. The maximum Gasteiger partial charge on any atom is 0.416 e. The van der Waals surface area contributed by atoms with Crippen molar-refractivity contribution >= 4 is 5.97 Å². The van der Waals surface area contributed by atoms with Gasteiger partial charge in [0.25, 0.3) is 0 Å². The predicted molar refractivity (Wildman–Crippen MR) is 58.9 cm³/mol. The molecular weight excluding hydrogens is 279 g/mol. The molecule has 0 aliphatic heterocycles. The Hall–Kier alpha value is -2.51. The lowest BCUT2D eigenvalue weighted by Gasteiger charge is -2.10. The molecule has 5 nitrogen and oxygen atoms in total. The smallest absolute Gasteiger partial charge is 0.416 e. The van der Waals surface area contributed by atoms with Crippen LogP contribution in [-0.2, 0) is 10.9 Å². The first-order valence-electron chi connectivity index (χ1n) is 5.34. The fourth-order valence-electron chi connectivity index (χ4n) is 1.31. The van der Waals surface area contributed by atoms with E-state index in [-0.39, 0.29) is 11.4 Å². The molecule has 0 saturated carbocycles. The van der Waals surface area contributed by atoms with Gasteiger partial charge >= 0.3 is 12.1 Å². The molecule has 0 saturated heterocycles. The number of halogens is 3. The van der Waals surface area contributed by atoms with Crippen molar-refractivity contribution in [3.8, 4) is 5.75 Å². The summed E-state index contributed by atoms with van der Waals surface area (Å²) in [6, 6.07) is 5.52. The third kappa shape index (κ3) is 3.50. The highest BCUT2D eigenvalue weighted by Crippen LogP contribution is 2.31. The Kier molecular flexibility index (Phi) is 3.92. The number of nitrogens with zero attached hydrogens (tertiary/aromatic N) is 1. The number of hydrogen-bond donors (Lipinski definition) is 0. The van der Waals surface area contributed by atoms with Crippen molar-refractivity contribution in [2.24, 2.45) is 0 Å². The Morgan fingerprint density at radius 1 is 1.30 bits per heavy atom. The maximum absolute atomic E-state index is 12.4. The third-order valence-electron chi connectivity index (χ3n) is 2.22. The average Bonchev–Trinajstić information content (AvgIpc) is 2.92. The third-order valence-corrected chi connectivity index (χ3v) is 2.22. The molecule has 0 N–H and O–H groups in total. The summed E-state index contributed by atoms with van der Waals surface area (Å²) in [5, 5.41) is 3.33. The number of carbonyl (C=O) groups is 1. The van der Waals surface area contributed by atoms with Crippen LogP contribution in [0.25, 0.3) is 0 Å². The number of aromatic nitrogens is 1. The second-order valence-corrected chi connectivity index (χ2v) is 3.60. The largest absolute Gasteiger partial charge is 0.457 e. The van der Waals surface area contributed by atoms with Crippen LogP contribution in [0.2, 0.25) is 0 Å². The maximum atomic E-state index is 12.4. The highest BCUT2D eigenvalue weighted by Gasteiger charge is 2.30. The van der Waals surface area contributed by atoms with Crippen LogP contribution in [0.3, 0.4) is 0 Å². The minimum atomic E-state index is -4.46. The minimum Gasteiger partial charge on any atom is -0.457 e. The first kappa shape index (κ1) is 13.9. The average molecular weight is 287 g/mol. The fourth-order valence-corrected chi connectivity index (χ4v) is 1.31. The van der Waals surface area contributed by atoms with Crippen molar-refractivity contribution in [1.82, 2.24) is 5.16 Å². The van der Waals surface area contributed by atoms with E-state index >= 15 is 0 Å². The number of alkyl halides is 3. The number of benzene rings is 1. The van der Waals surface area contributed by atoms with Crippen molar-refractivity contribution in [1.29, 1.82) is 0 Å². The van der Waals surface area contributed by atoms with Gasteiger partial charge in [0, 0.05) is 6.07 Å². The molecule has 0 spiro atoms. The first-order chi connectivity index (χ1) is 9.47. The van der Waals surface area contributed by atoms with E-state index in [2.05, 4.69) is 14.4 Å². The van der Waals surface area contributed by atoms with Crippen LogP contribution in [0.5, 0.6) is 5.75 Å². The molecule has 20 heavy (non-hydrogen) atoms. The highest BCUT2D eigenvalue weighted by molar-refractivity contribution is 5.86. The molecule has 2 rings (SSSR count). The minimum absolute atomic E-state index is 0.0577. The lowest BCUT2D eigenvalue weighted by atomic mass is 10.2.